The number of hydrogen-bond donors (Lipinski definition) is 0. The average Bonchev–Trinajstić information content (AvgIpc) is 2.92. The Balaban J connectivity index is 1.92. The van der Waals surface area contributed by atoms with E-state index in [9.17, 15) is 14.4 Å². The number of nitrogens with zero attached hydrogens (tertiary/aromatic N) is 1. The van der Waals surface area contributed by atoms with Crippen molar-refractivity contribution in [2.75, 3.05) is 13.7 Å². The van der Waals surface area contributed by atoms with Gasteiger partial charge in [0.1, 0.15) is 17.5 Å². The Hall–Kier alpha value is -2.47. The number of carbonyl (C=O) groups is 3. The first kappa shape index (κ1) is 19.3. The lowest BCUT2D eigenvalue weighted by Gasteiger charge is -2.27. The summed E-state index contributed by atoms with van der Waals surface area (Å²) in [5.74, 6) is -1.75. The Bertz CT molecular complexity index is 878. The minimum absolute atomic E-state index is 0.291. The SMILES string of the molecule is COc1ccccc1CCN1C(=O)C(=O)C(C(C)=O)C1c1ccc(Br)cc1. The van der Waals surface area contributed by atoms with Crippen molar-refractivity contribution in [3.8, 4) is 5.75 Å². The zero-order valence-corrected chi connectivity index (χ0v) is 16.7. The summed E-state index contributed by atoms with van der Waals surface area (Å²) in [5.41, 5.74) is 1.72. The van der Waals surface area contributed by atoms with Gasteiger partial charge in [-0.1, -0.05) is 46.3 Å². The van der Waals surface area contributed by atoms with Crippen LogP contribution in [0.3, 0.4) is 0 Å². The van der Waals surface area contributed by atoms with Gasteiger partial charge in [-0.2, -0.15) is 0 Å². The van der Waals surface area contributed by atoms with Crippen molar-refractivity contribution in [2.45, 2.75) is 19.4 Å². The molecule has 1 aliphatic heterocycles. The number of benzene rings is 2. The lowest BCUT2D eigenvalue weighted by Crippen LogP contribution is -2.32. The summed E-state index contributed by atoms with van der Waals surface area (Å²) in [5, 5.41) is 0. The maximum atomic E-state index is 12.6. The van der Waals surface area contributed by atoms with E-state index in [2.05, 4.69) is 15.9 Å². The van der Waals surface area contributed by atoms with Gasteiger partial charge in [0.05, 0.1) is 13.2 Å². The van der Waals surface area contributed by atoms with Crippen molar-refractivity contribution in [1.82, 2.24) is 4.90 Å². The molecule has 2 atom stereocenters. The summed E-state index contributed by atoms with van der Waals surface area (Å²) in [4.78, 5) is 38.8. The molecule has 1 amide bonds. The second-order valence-corrected chi connectivity index (χ2v) is 7.43. The second-order valence-electron chi connectivity index (χ2n) is 6.51. The third-order valence-corrected chi connectivity index (χ3v) is 5.40. The number of likely N-dealkylation sites (tertiary alicyclic amines) is 1. The minimum Gasteiger partial charge on any atom is -0.496 e. The number of Topliss-reactive ketones (excluding diaryl/α,β-unsaturated/α-hetero) is 2. The normalized spacial score (nSPS) is 19.4. The molecule has 1 aliphatic rings. The predicted molar refractivity (Wildman–Crippen MR) is 104 cm³/mol. The van der Waals surface area contributed by atoms with Gasteiger partial charge in [0.2, 0.25) is 5.78 Å². The number of methoxy groups -OCH3 is 1. The molecule has 0 aromatic heterocycles. The standard InChI is InChI=1S/C21H20BrNO4/c1-13(24)18-19(15-7-9-16(22)10-8-15)23(21(26)20(18)25)12-11-14-5-3-4-6-17(14)27-2/h3-10,18-19H,11-12H2,1-2H3. The molecule has 5 nitrogen and oxygen atoms in total. The third kappa shape index (κ3) is 3.81. The highest BCUT2D eigenvalue weighted by Crippen LogP contribution is 2.37. The van der Waals surface area contributed by atoms with Crippen LogP contribution >= 0.6 is 15.9 Å². The molecule has 1 saturated heterocycles. The quantitative estimate of drug-likeness (QED) is 0.521. The fourth-order valence-corrected chi connectivity index (χ4v) is 3.82. The first-order chi connectivity index (χ1) is 12.9. The summed E-state index contributed by atoms with van der Waals surface area (Å²) in [7, 11) is 1.60. The number of para-hydroxylation sites is 1. The van der Waals surface area contributed by atoms with Gasteiger partial charge in [-0.25, -0.2) is 0 Å². The average molecular weight is 430 g/mol. The lowest BCUT2D eigenvalue weighted by molar-refractivity contribution is -0.142. The van der Waals surface area contributed by atoms with E-state index < -0.39 is 23.7 Å². The van der Waals surface area contributed by atoms with Crippen molar-refractivity contribution in [3.63, 3.8) is 0 Å². The van der Waals surface area contributed by atoms with Crippen molar-refractivity contribution in [2.24, 2.45) is 5.92 Å². The molecule has 0 spiro atoms. The topological polar surface area (TPSA) is 63.7 Å². The number of halogens is 1. The Kier molecular flexibility index (Phi) is 5.75. The molecule has 6 heteroatoms. The molecule has 1 fully saturated rings. The Morgan fingerprint density at radius 2 is 1.78 bits per heavy atom. The Labute approximate surface area is 166 Å². The second kappa shape index (κ2) is 8.05. The van der Waals surface area contributed by atoms with Gasteiger partial charge in [-0.05, 0) is 42.7 Å². The zero-order chi connectivity index (χ0) is 19.6. The fraction of sp³-hybridized carbons (Fsp3) is 0.286. The van der Waals surface area contributed by atoms with Crippen LogP contribution < -0.4 is 4.74 Å². The molecule has 2 aromatic carbocycles. The van der Waals surface area contributed by atoms with Crippen LogP contribution in [0.25, 0.3) is 0 Å². The minimum atomic E-state index is -0.962. The van der Waals surface area contributed by atoms with Gasteiger partial charge in [0, 0.05) is 11.0 Å². The number of rotatable bonds is 6. The monoisotopic (exact) mass is 429 g/mol. The molecule has 3 rings (SSSR count). The van der Waals surface area contributed by atoms with Gasteiger partial charge >= 0.3 is 0 Å². The van der Waals surface area contributed by atoms with Crippen molar-refractivity contribution in [1.29, 1.82) is 0 Å². The van der Waals surface area contributed by atoms with Gasteiger partial charge in [-0.3, -0.25) is 14.4 Å². The number of hydrogen-bond acceptors (Lipinski definition) is 4. The lowest BCUT2D eigenvalue weighted by atomic mass is 9.90. The molecule has 140 valence electrons. The molecule has 27 heavy (non-hydrogen) atoms. The molecule has 0 saturated carbocycles. The third-order valence-electron chi connectivity index (χ3n) is 4.87. The predicted octanol–water partition coefficient (Wildman–Crippen LogP) is 3.36. The van der Waals surface area contributed by atoms with E-state index in [1.54, 1.807) is 7.11 Å². The van der Waals surface area contributed by atoms with Crippen LogP contribution in [0.1, 0.15) is 24.1 Å². The summed E-state index contributed by atoms with van der Waals surface area (Å²) in [6, 6.07) is 14.4. The number of carbonyl (C=O) groups excluding carboxylic acids is 3. The van der Waals surface area contributed by atoms with E-state index in [1.807, 2.05) is 48.5 Å². The van der Waals surface area contributed by atoms with Gasteiger partial charge in [0.25, 0.3) is 5.91 Å². The first-order valence-corrected chi connectivity index (χ1v) is 9.46. The molecule has 1 heterocycles. The van der Waals surface area contributed by atoms with E-state index in [-0.39, 0.29) is 5.78 Å². The summed E-state index contributed by atoms with van der Waals surface area (Å²) < 4.78 is 6.25. The highest BCUT2D eigenvalue weighted by atomic mass is 79.9. The molecule has 0 N–H and O–H groups in total. The molecule has 0 radical (unpaired) electrons. The van der Waals surface area contributed by atoms with Crippen LogP contribution in [-0.4, -0.2) is 36.0 Å². The van der Waals surface area contributed by atoms with Crippen LogP contribution in [0, 0.1) is 5.92 Å². The number of ether oxygens (including phenoxy) is 1. The van der Waals surface area contributed by atoms with Crippen molar-refractivity contribution < 1.29 is 19.1 Å². The molecular weight excluding hydrogens is 410 g/mol. The van der Waals surface area contributed by atoms with Crippen molar-refractivity contribution >= 4 is 33.4 Å². The van der Waals surface area contributed by atoms with Crippen LogP contribution in [0.15, 0.2) is 53.0 Å². The number of ketones is 2. The van der Waals surface area contributed by atoms with Gasteiger partial charge < -0.3 is 9.64 Å². The summed E-state index contributed by atoms with van der Waals surface area (Å²) in [6.45, 7) is 1.70. The highest BCUT2D eigenvalue weighted by molar-refractivity contribution is 9.10. The van der Waals surface area contributed by atoms with E-state index in [0.29, 0.717) is 13.0 Å². The van der Waals surface area contributed by atoms with E-state index >= 15 is 0 Å². The van der Waals surface area contributed by atoms with Crippen LogP contribution in [-0.2, 0) is 20.8 Å². The molecular formula is C21H20BrNO4. The van der Waals surface area contributed by atoms with Crippen LogP contribution in [0.5, 0.6) is 5.75 Å². The van der Waals surface area contributed by atoms with E-state index in [0.717, 1.165) is 21.3 Å². The van der Waals surface area contributed by atoms with Crippen LogP contribution in [0.4, 0.5) is 0 Å². The Morgan fingerprint density at radius 3 is 2.41 bits per heavy atom. The van der Waals surface area contributed by atoms with Gasteiger partial charge in [0.15, 0.2) is 0 Å². The molecule has 0 bridgehead atoms. The van der Waals surface area contributed by atoms with E-state index in [4.69, 9.17) is 4.74 Å². The summed E-state index contributed by atoms with van der Waals surface area (Å²) >= 11 is 3.39. The van der Waals surface area contributed by atoms with E-state index in [1.165, 1.54) is 11.8 Å². The summed E-state index contributed by atoms with van der Waals surface area (Å²) in [6.07, 6.45) is 0.528. The first-order valence-electron chi connectivity index (χ1n) is 8.66. The molecule has 2 unspecified atom stereocenters. The maximum absolute atomic E-state index is 12.6. The Morgan fingerprint density at radius 1 is 1.11 bits per heavy atom. The molecule has 2 aromatic rings. The van der Waals surface area contributed by atoms with Crippen LogP contribution in [0.2, 0.25) is 0 Å². The fourth-order valence-electron chi connectivity index (χ4n) is 3.55. The van der Waals surface area contributed by atoms with Crippen molar-refractivity contribution in [3.05, 3.63) is 64.1 Å². The highest BCUT2D eigenvalue weighted by Gasteiger charge is 2.49. The zero-order valence-electron chi connectivity index (χ0n) is 15.1. The smallest absolute Gasteiger partial charge is 0.291 e. The van der Waals surface area contributed by atoms with Gasteiger partial charge in [-0.15, -0.1) is 0 Å². The maximum Gasteiger partial charge on any atom is 0.291 e. The number of amides is 1. The molecule has 0 aliphatic carbocycles. The largest absolute Gasteiger partial charge is 0.496 e.